The van der Waals surface area contributed by atoms with Crippen molar-refractivity contribution in [2.24, 2.45) is 10.7 Å². The highest BCUT2D eigenvalue weighted by Gasteiger charge is 2.09. The maximum Gasteiger partial charge on any atom is 0.272 e. The lowest BCUT2D eigenvalue weighted by Crippen LogP contribution is -2.12. The molecule has 0 radical (unpaired) electrons. The van der Waals surface area contributed by atoms with E-state index in [1.54, 1.807) is 12.1 Å². The molecule has 18 heavy (non-hydrogen) atoms. The zero-order chi connectivity index (χ0) is 13.5. The molecule has 1 aromatic rings. The van der Waals surface area contributed by atoms with Gasteiger partial charge in [-0.1, -0.05) is 0 Å². The molecular formula is C11H13ClF2N2O2. The monoisotopic (exact) mass is 278 g/mol. The maximum absolute atomic E-state index is 12.1. The molecule has 0 spiro atoms. The average molecular weight is 279 g/mol. The minimum atomic E-state index is -2.56. The Morgan fingerprint density at radius 1 is 1.44 bits per heavy atom. The van der Waals surface area contributed by atoms with Crippen LogP contribution in [0.25, 0.3) is 0 Å². The quantitative estimate of drug-likeness (QED) is 0.494. The lowest BCUT2D eigenvalue weighted by Gasteiger charge is -2.10. The zero-order valence-electron chi connectivity index (χ0n) is 9.70. The summed E-state index contributed by atoms with van der Waals surface area (Å²) in [7, 11) is 1.42. The van der Waals surface area contributed by atoms with Gasteiger partial charge in [-0.3, -0.25) is 0 Å². The van der Waals surface area contributed by atoms with Gasteiger partial charge in [-0.15, -0.1) is 11.6 Å². The van der Waals surface area contributed by atoms with E-state index in [1.807, 2.05) is 0 Å². The summed E-state index contributed by atoms with van der Waals surface area (Å²) in [5.41, 5.74) is 5.93. The van der Waals surface area contributed by atoms with Crippen LogP contribution in [0.4, 0.5) is 14.5 Å². The fourth-order valence-electron chi connectivity index (χ4n) is 1.20. The van der Waals surface area contributed by atoms with Crippen molar-refractivity contribution in [1.29, 1.82) is 0 Å². The summed E-state index contributed by atoms with van der Waals surface area (Å²) < 4.78 is 34.1. The number of hydrogen-bond donors (Lipinski definition) is 1. The summed E-state index contributed by atoms with van der Waals surface area (Å²) in [6.07, 6.45) is -2.56. The van der Waals surface area contributed by atoms with Crippen LogP contribution < -0.4 is 15.2 Å². The predicted molar refractivity (Wildman–Crippen MR) is 66.5 cm³/mol. The van der Waals surface area contributed by atoms with Crippen LogP contribution in [0.1, 0.15) is 0 Å². The predicted octanol–water partition coefficient (Wildman–Crippen LogP) is 2.57. The Kier molecular flexibility index (Phi) is 5.64. The molecule has 7 heteroatoms. The van der Waals surface area contributed by atoms with E-state index in [2.05, 4.69) is 4.99 Å². The molecular weight excluding hydrogens is 266 g/mol. The summed E-state index contributed by atoms with van der Waals surface area (Å²) in [4.78, 5) is 3.98. The molecule has 1 aromatic carbocycles. The van der Waals surface area contributed by atoms with Crippen LogP contribution >= 0.6 is 11.6 Å². The van der Waals surface area contributed by atoms with Gasteiger partial charge in [-0.2, -0.15) is 0 Å². The van der Waals surface area contributed by atoms with Crippen LogP contribution in [0.5, 0.6) is 11.5 Å². The van der Waals surface area contributed by atoms with E-state index >= 15 is 0 Å². The third-order valence-electron chi connectivity index (χ3n) is 1.92. The minimum Gasteiger partial charge on any atom is -0.493 e. The van der Waals surface area contributed by atoms with Crippen LogP contribution in [-0.2, 0) is 0 Å². The highest BCUT2D eigenvalue weighted by atomic mass is 35.5. The molecule has 0 fully saturated rings. The van der Waals surface area contributed by atoms with Crippen molar-refractivity contribution in [1.82, 2.24) is 0 Å². The molecule has 0 amide bonds. The number of ether oxygens (including phenoxy) is 2. The van der Waals surface area contributed by atoms with Gasteiger partial charge in [0.15, 0.2) is 11.5 Å². The number of alkyl halides is 3. The molecule has 0 saturated heterocycles. The van der Waals surface area contributed by atoms with Gasteiger partial charge in [-0.05, 0) is 12.1 Å². The molecule has 0 aliphatic rings. The Hall–Kier alpha value is -1.56. The zero-order valence-corrected chi connectivity index (χ0v) is 10.5. The fourth-order valence-corrected chi connectivity index (χ4v) is 1.26. The lowest BCUT2D eigenvalue weighted by atomic mass is 10.3. The number of nitrogens with zero attached hydrogens (tertiary/aromatic N) is 1. The maximum atomic E-state index is 12.1. The van der Waals surface area contributed by atoms with E-state index < -0.39 is 13.0 Å². The van der Waals surface area contributed by atoms with Crippen molar-refractivity contribution in [2.45, 2.75) is 6.43 Å². The second kappa shape index (κ2) is 7.00. The molecule has 0 saturated carbocycles. The smallest absolute Gasteiger partial charge is 0.272 e. The van der Waals surface area contributed by atoms with Crippen LogP contribution in [0.3, 0.4) is 0 Å². The summed E-state index contributed by atoms with van der Waals surface area (Å²) in [5, 5.41) is 0. The minimum absolute atomic E-state index is 0.0826. The number of aliphatic imine (C=N–C) groups is 1. The van der Waals surface area contributed by atoms with Crippen molar-refractivity contribution in [3.05, 3.63) is 18.2 Å². The fraction of sp³-hybridized carbons (Fsp3) is 0.364. The van der Waals surface area contributed by atoms with Crippen molar-refractivity contribution in [2.75, 3.05) is 19.6 Å². The molecule has 1 rings (SSSR count). The first-order chi connectivity index (χ1) is 8.56. The van der Waals surface area contributed by atoms with Gasteiger partial charge in [-0.25, -0.2) is 13.8 Å². The molecule has 0 heterocycles. The second-order valence-electron chi connectivity index (χ2n) is 3.27. The number of hydrogen-bond acceptors (Lipinski definition) is 3. The van der Waals surface area contributed by atoms with Gasteiger partial charge < -0.3 is 15.2 Å². The Balaban J connectivity index is 2.94. The normalized spacial score (nSPS) is 11.7. The molecule has 100 valence electrons. The Bertz CT molecular complexity index is 428. The summed E-state index contributed by atoms with van der Waals surface area (Å²) in [5.74, 6) is 0.835. The Morgan fingerprint density at radius 3 is 2.72 bits per heavy atom. The van der Waals surface area contributed by atoms with Gasteiger partial charge in [0.2, 0.25) is 0 Å². The molecule has 0 aromatic heterocycles. The molecule has 0 aliphatic heterocycles. The number of halogens is 3. The second-order valence-corrected chi connectivity index (χ2v) is 3.54. The Labute approximate surface area is 108 Å². The first kappa shape index (κ1) is 14.5. The van der Waals surface area contributed by atoms with E-state index in [4.69, 9.17) is 26.8 Å². The van der Waals surface area contributed by atoms with E-state index in [0.717, 1.165) is 0 Å². The van der Waals surface area contributed by atoms with Crippen LogP contribution in [0.2, 0.25) is 0 Å². The highest BCUT2D eigenvalue weighted by molar-refractivity contribution is 6.28. The molecule has 0 aliphatic carbocycles. The molecule has 0 bridgehead atoms. The number of methoxy groups -OCH3 is 1. The highest BCUT2D eigenvalue weighted by Crippen LogP contribution is 2.31. The van der Waals surface area contributed by atoms with E-state index in [1.165, 1.54) is 13.2 Å². The summed E-state index contributed by atoms with van der Waals surface area (Å²) >= 11 is 5.49. The van der Waals surface area contributed by atoms with Crippen LogP contribution in [0, 0.1) is 0 Å². The summed E-state index contributed by atoms with van der Waals surface area (Å²) in [6.45, 7) is -0.714. The van der Waals surface area contributed by atoms with Crippen molar-refractivity contribution >= 4 is 23.1 Å². The number of nitrogens with two attached hydrogens (primary N) is 1. The molecule has 0 atom stereocenters. The van der Waals surface area contributed by atoms with Gasteiger partial charge in [0.25, 0.3) is 6.43 Å². The van der Waals surface area contributed by atoms with E-state index in [9.17, 15) is 8.78 Å². The SMILES string of the molecule is COc1ccc(N=C(N)CCl)cc1OCC(F)F. The van der Waals surface area contributed by atoms with E-state index in [-0.39, 0.29) is 17.5 Å². The number of rotatable bonds is 6. The van der Waals surface area contributed by atoms with Crippen LogP contribution in [-0.4, -0.2) is 31.9 Å². The average Bonchev–Trinajstić information content (AvgIpc) is 2.36. The largest absolute Gasteiger partial charge is 0.493 e. The number of amidine groups is 1. The van der Waals surface area contributed by atoms with Crippen molar-refractivity contribution < 1.29 is 18.3 Å². The third kappa shape index (κ3) is 4.37. The number of benzene rings is 1. The molecule has 0 unspecified atom stereocenters. The first-order valence-corrected chi connectivity index (χ1v) is 5.58. The molecule has 2 N–H and O–H groups in total. The van der Waals surface area contributed by atoms with Crippen LogP contribution in [0.15, 0.2) is 23.2 Å². The topological polar surface area (TPSA) is 56.8 Å². The summed E-state index contributed by atoms with van der Waals surface area (Å²) in [6, 6.07) is 4.63. The molecule has 4 nitrogen and oxygen atoms in total. The van der Waals surface area contributed by atoms with Gasteiger partial charge in [0.05, 0.1) is 18.7 Å². The first-order valence-electron chi connectivity index (χ1n) is 5.04. The third-order valence-corrected chi connectivity index (χ3v) is 2.20. The Morgan fingerprint density at radius 2 is 2.17 bits per heavy atom. The van der Waals surface area contributed by atoms with Gasteiger partial charge >= 0.3 is 0 Å². The lowest BCUT2D eigenvalue weighted by molar-refractivity contribution is 0.0805. The van der Waals surface area contributed by atoms with Gasteiger partial charge in [0.1, 0.15) is 12.4 Å². The standard InChI is InChI=1S/C11H13ClF2N2O2/c1-17-8-3-2-7(16-11(15)5-12)4-9(8)18-6-10(13)14/h2-4,10H,5-6H2,1H3,(H2,15,16). The van der Waals surface area contributed by atoms with Crippen molar-refractivity contribution in [3.63, 3.8) is 0 Å². The van der Waals surface area contributed by atoms with Crippen molar-refractivity contribution in [3.8, 4) is 11.5 Å². The van der Waals surface area contributed by atoms with E-state index in [0.29, 0.717) is 11.4 Å². The van der Waals surface area contributed by atoms with Gasteiger partial charge in [0, 0.05) is 6.07 Å².